The van der Waals surface area contributed by atoms with E-state index in [4.69, 9.17) is 10.8 Å². The van der Waals surface area contributed by atoms with Crippen LogP contribution in [0.3, 0.4) is 0 Å². The molecule has 3 N–H and O–H groups in total. The Morgan fingerprint density at radius 3 is 2.93 bits per heavy atom. The molecule has 1 saturated heterocycles. The van der Waals surface area contributed by atoms with Gasteiger partial charge in [0, 0.05) is 37.0 Å². The summed E-state index contributed by atoms with van der Waals surface area (Å²) in [5.74, 6) is 0.432. The van der Waals surface area contributed by atoms with Crippen LogP contribution in [-0.2, 0) is 0 Å². The van der Waals surface area contributed by atoms with Gasteiger partial charge in [0.05, 0.1) is 0 Å². The number of hydrogen-bond acceptors (Lipinski definition) is 3. The molecule has 0 spiro atoms. The van der Waals surface area contributed by atoms with E-state index >= 15 is 0 Å². The quantitative estimate of drug-likeness (QED) is 0.719. The molecule has 3 nitrogen and oxygen atoms in total. The average molecular weight is 206 g/mol. The maximum absolute atomic E-state index is 9.10. The van der Waals surface area contributed by atoms with Gasteiger partial charge < -0.3 is 15.7 Å². The normalized spacial score (nSPS) is 20.9. The van der Waals surface area contributed by atoms with E-state index in [0.717, 1.165) is 25.2 Å². The third kappa shape index (κ3) is 2.07. The lowest BCUT2D eigenvalue weighted by atomic mass is 10.1. The number of benzene rings is 1. The van der Waals surface area contributed by atoms with Crippen LogP contribution in [0.4, 0.5) is 11.4 Å². The first-order chi connectivity index (χ1) is 7.20. The Kier molecular flexibility index (Phi) is 2.82. The van der Waals surface area contributed by atoms with Crippen LogP contribution < -0.4 is 10.6 Å². The average Bonchev–Trinajstić information content (AvgIpc) is 2.66. The van der Waals surface area contributed by atoms with E-state index in [1.165, 1.54) is 11.3 Å². The first-order valence-electron chi connectivity index (χ1n) is 5.42. The van der Waals surface area contributed by atoms with Gasteiger partial charge >= 0.3 is 0 Å². The number of anilines is 2. The fourth-order valence-electron chi connectivity index (χ4n) is 2.23. The van der Waals surface area contributed by atoms with Crippen molar-refractivity contribution in [3.05, 3.63) is 23.8 Å². The molecule has 0 saturated carbocycles. The van der Waals surface area contributed by atoms with Crippen LogP contribution in [0.2, 0.25) is 0 Å². The van der Waals surface area contributed by atoms with Gasteiger partial charge in [0.2, 0.25) is 0 Å². The van der Waals surface area contributed by atoms with Gasteiger partial charge in [-0.3, -0.25) is 0 Å². The summed E-state index contributed by atoms with van der Waals surface area (Å²) in [5, 5.41) is 9.10. The largest absolute Gasteiger partial charge is 0.399 e. The number of rotatable bonds is 2. The van der Waals surface area contributed by atoms with Crippen molar-refractivity contribution in [3.63, 3.8) is 0 Å². The predicted molar refractivity (Wildman–Crippen MR) is 63.0 cm³/mol. The van der Waals surface area contributed by atoms with E-state index in [0.29, 0.717) is 12.5 Å². The zero-order chi connectivity index (χ0) is 10.8. The van der Waals surface area contributed by atoms with Crippen molar-refractivity contribution in [1.82, 2.24) is 0 Å². The highest BCUT2D eigenvalue weighted by molar-refractivity contribution is 5.59. The van der Waals surface area contributed by atoms with Crippen LogP contribution in [0.1, 0.15) is 12.0 Å². The summed E-state index contributed by atoms with van der Waals surface area (Å²) in [6, 6.07) is 6.01. The van der Waals surface area contributed by atoms with Crippen molar-refractivity contribution in [2.24, 2.45) is 5.92 Å². The van der Waals surface area contributed by atoms with Gasteiger partial charge in [-0.1, -0.05) is 0 Å². The smallest absolute Gasteiger partial charge is 0.0476 e. The topological polar surface area (TPSA) is 49.5 Å². The Morgan fingerprint density at radius 1 is 1.53 bits per heavy atom. The molecule has 3 heteroatoms. The Bertz CT molecular complexity index is 351. The van der Waals surface area contributed by atoms with Crippen molar-refractivity contribution in [1.29, 1.82) is 0 Å². The molecule has 2 rings (SSSR count). The van der Waals surface area contributed by atoms with Crippen molar-refractivity contribution < 1.29 is 5.11 Å². The SMILES string of the molecule is Cc1cc(N)ccc1N1CCC(CO)C1. The predicted octanol–water partition coefficient (Wildman–Crippen LogP) is 1.40. The fourth-order valence-corrected chi connectivity index (χ4v) is 2.23. The second-order valence-corrected chi connectivity index (χ2v) is 4.33. The molecule has 1 aromatic rings. The number of nitrogens with two attached hydrogens (primary N) is 1. The first-order valence-corrected chi connectivity index (χ1v) is 5.42. The molecule has 0 aromatic heterocycles. The number of aliphatic hydroxyl groups is 1. The summed E-state index contributed by atoms with van der Waals surface area (Å²) in [6.07, 6.45) is 1.08. The minimum atomic E-state index is 0.296. The number of aliphatic hydroxyl groups excluding tert-OH is 1. The highest BCUT2D eigenvalue weighted by atomic mass is 16.3. The Hall–Kier alpha value is -1.22. The third-order valence-electron chi connectivity index (χ3n) is 3.11. The molecule has 15 heavy (non-hydrogen) atoms. The molecular formula is C12H18N2O. The van der Waals surface area contributed by atoms with E-state index in [2.05, 4.69) is 17.9 Å². The lowest BCUT2D eigenvalue weighted by Crippen LogP contribution is -2.21. The van der Waals surface area contributed by atoms with Crippen LogP contribution in [0.15, 0.2) is 18.2 Å². The molecule has 0 bridgehead atoms. The molecule has 1 heterocycles. The molecule has 1 fully saturated rings. The van der Waals surface area contributed by atoms with E-state index < -0.39 is 0 Å². The summed E-state index contributed by atoms with van der Waals surface area (Å²) < 4.78 is 0. The summed E-state index contributed by atoms with van der Waals surface area (Å²) >= 11 is 0. The molecule has 82 valence electrons. The molecule has 1 aliphatic heterocycles. The zero-order valence-electron chi connectivity index (χ0n) is 9.11. The molecule has 1 atom stereocenters. The maximum Gasteiger partial charge on any atom is 0.0476 e. The molecule has 1 aliphatic rings. The Morgan fingerprint density at radius 2 is 2.33 bits per heavy atom. The number of nitrogens with zero attached hydrogens (tertiary/aromatic N) is 1. The summed E-state index contributed by atoms with van der Waals surface area (Å²) in [7, 11) is 0. The fraction of sp³-hybridized carbons (Fsp3) is 0.500. The summed E-state index contributed by atoms with van der Waals surface area (Å²) in [5.41, 5.74) is 9.00. The lowest BCUT2D eigenvalue weighted by Gasteiger charge is -2.21. The van der Waals surface area contributed by atoms with Crippen LogP contribution in [0.5, 0.6) is 0 Å². The Balaban J connectivity index is 2.17. The van der Waals surface area contributed by atoms with Gasteiger partial charge in [-0.2, -0.15) is 0 Å². The van der Waals surface area contributed by atoms with Crippen molar-refractivity contribution in [3.8, 4) is 0 Å². The second kappa shape index (κ2) is 4.11. The third-order valence-corrected chi connectivity index (χ3v) is 3.11. The van der Waals surface area contributed by atoms with Crippen LogP contribution in [0, 0.1) is 12.8 Å². The van der Waals surface area contributed by atoms with Gasteiger partial charge in [0.25, 0.3) is 0 Å². The first kappa shape index (κ1) is 10.3. The lowest BCUT2D eigenvalue weighted by molar-refractivity contribution is 0.238. The monoisotopic (exact) mass is 206 g/mol. The minimum absolute atomic E-state index is 0.296. The maximum atomic E-state index is 9.10. The molecule has 0 radical (unpaired) electrons. The van der Waals surface area contributed by atoms with E-state index in [-0.39, 0.29) is 0 Å². The standard InChI is InChI=1S/C12H18N2O/c1-9-6-11(13)2-3-12(9)14-5-4-10(7-14)8-15/h2-3,6,10,15H,4-5,7-8,13H2,1H3. The Labute approximate surface area is 90.5 Å². The van der Waals surface area contributed by atoms with Gasteiger partial charge in [0.15, 0.2) is 0 Å². The molecule has 1 unspecified atom stereocenters. The van der Waals surface area contributed by atoms with Gasteiger partial charge in [0.1, 0.15) is 0 Å². The second-order valence-electron chi connectivity index (χ2n) is 4.33. The summed E-state index contributed by atoms with van der Waals surface area (Å²) in [4.78, 5) is 2.33. The van der Waals surface area contributed by atoms with E-state index in [9.17, 15) is 0 Å². The van der Waals surface area contributed by atoms with Crippen LogP contribution >= 0.6 is 0 Å². The molecule has 0 aliphatic carbocycles. The zero-order valence-corrected chi connectivity index (χ0v) is 9.11. The minimum Gasteiger partial charge on any atom is -0.399 e. The molecule has 0 amide bonds. The highest BCUT2D eigenvalue weighted by Gasteiger charge is 2.22. The highest BCUT2D eigenvalue weighted by Crippen LogP contribution is 2.27. The van der Waals surface area contributed by atoms with Gasteiger partial charge in [-0.15, -0.1) is 0 Å². The van der Waals surface area contributed by atoms with Crippen molar-refractivity contribution in [2.45, 2.75) is 13.3 Å². The van der Waals surface area contributed by atoms with E-state index in [1.54, 1.807) is 0 Å². The number of hydrogen-bond donors (Lipinski definition) is 2. The van der Waals surface area contributed by atoms with Crippen molar-refractivity contribution in [2.75, 3.05) is 30.3 Å². The molecular weight excluding hydrogens is 188 g/mol. The van der Waals surface area contributed by atoms with Crippen molar-refractivity contribution >= 4 is 11.4 Å². The number of nitrogen functional groups attached to an aromatic ring is 1. The summed E-state index contributed by atoms with van der Waals surface area (Å²) in [6.45, 7) is 4.37. The van der Waals surface area contributed by atoms with Crippen LogP contribution in [-0.4, -0.2) is 24.8 Å². The van der Waals surface area contributed by atoms with Crippen LogP contribution in [0.25, 0.3) is 0 Å². The van der Waals surface area contributed by atoms with Gasteiger partial charge in [-0.25, -0.2) is 0 Å². The van der Waals surface area contributed by atoms with Gasteiger partial charge in [-0.05, 0) is 37.1 Å². The number of aryl methyl sites for hydroxylation is 1. The van der Waals surface area contributed by atoms with E-state index in [1.807, 2.05) is 12.1 Å². The molecule has 1 aromatic carbocycles.